The molecule has 2 amide bonds. The Balaban J connectivity index is 1.55. The molecule has 1 atom stereocenters. The van der Waals surface area contributed by atoms with Gasteiger partial charge in [0.1, 0.15) is 0 Å². The van der Waals surface area contributed by atoms with E-state index in [0.29, 0.717) is 11.1 Å². The highest BCUT2D eigenvalue weighted by molar-refractivity contribution is 5.97. The van der Waals surface area contributed by atoms with Crippen LogP contribution in [0.25, 0.3) is 21.5 Å². The molecular weight excluding hydrogens is 366 g/mol. The summed E-state index contributed by atoms with van der Waals surface area (Å²) in [4.78, 5) is 23.4. The smallest absolute Gasteiger partial charge is 0.319 e. The van der Waals surface area contributed by atoms with Crippen LogP contribution in [0, 0.1) is 10.1 Å². The predicted molar refractivity (Wildman–Crippen MR) is 115 cm³/mol. The van der Waals surface area contributed by atoms with Crippen LogP contribution in [0.2, 0.25) is 0 Å². The molecule has 0 fully saturated rings. The Morgan fingerprint density at radius 1 is 0.897 bits per heavy atom. The zero-order valence-corrected chi connectivity index (χ0v) is 15.8. The van der Waals surface area contributed by atoms with E-state index in [1.165, 1.54) is 6.07 Å². The molecule has 0 aliphatic rings. The fraction of sp³-hybridized carbons (Fsp3) is 0.0870. The van der Waals surface area contributed by atoms with Gasteiger partial charge < -0.3 is 10.6 Å². The normalized spacial score (nSPS) is 11.9. The van der Waals surface area contributed by atoms with Gasteiger partial charge in [-0.1, -0.05) is 60.7 Å². The van der Waals surface area contributed by atoms with Crippen molar-refractivity contribution in [2.75, 3.05) is 5.32 Å². The van der Waals surface area contributed by atoms with Crippen LogP contribution < -0.4 is 10.6 Å². The minimum Gasteiger partial charge on any atom is -0.331 e. The maximum Gasteiger partial charge on any atom is 0.319 e. The number of nitrogens with zero attached hydrogens (tertiary/aromatic N) is 1. The number of nitro benzene ring substituents is 1. The number of hydrogen-bond donors (Lipinski definition) is 2. The molecule has 2 N–H and O–H groups in total. The van der Waals surface area contributed by atoms with E-state index < -0.39 is 4.92 Å². The molecule has 29 heavy (non-hydrogen) atoms. The quantitative estimate of drug-likeness (QED) is 0.345. The average Bonchev–Trinajstić information content (AvgIpc) is 2.72. The fourth-order valence-corrected chi connectivity index (χ4v) is 3.56. The van der Waals surface area contributed by atoms with E-state index in [-0.39, 0.29) is 17.8 Å². The van der Waals surface area contributed by atoms with E-state index in [2.05, 4.69) is 10.6 Å². The van der Waals surface area contributed by atoms with E-state index in [1.807, 2.05) is 49.4 Å². The number of carbonyl (C=O) groups is 1. The molecule has 0 radical (unpaired) electrons. The largest absolute Gasteiger partial charge is 0.331 e. The standard InChI is InChI=1S/C23H19N3O3/c1-15(19-10-4-7-16-6-2-3-9-20(16)19)24-23(27)25-18-13-12-17-8-5-11-22(26(28)29)21(17)14-18/h2-15H,1H3,(H2,24,25,27). The molecule has 6 heteroatoms. The molecule has 0 bridgehead atoms. The third-order valence-electron chi connectivity index (χ3n) is 4.95. The molecule has 0 aromatic heterocycles. The van der Waals surface area contributed by atoms with Gasteiger partial charge in [-0.25, -0.2) is 4.79 Å². The maximum absolute atomic E-state index is 12.5. The highest BCUT2D eigenvalue weighted by Gasteiger charge is 2.14. The molecule has 0 saturated heterocycles. The number of carbonyl (C=O) groups excluding carboxylic acids is 1. The molecular formula is C23H19N3O3. The van der Waals surface area contributed by atoms with Crippen LogP contribution in [0.5, 0.6) is 0 Å². The van der Waals surface area contributed by atoms with E-state index in [0.717, 1.165) is 21.7 Å². The van der Waals surface area contributed by atoms with Crippen LogP contribution >= 0.6 is 0 Å². The second-order valence-corrected chi connectivity index (χ2v) is 6.86. The SMILES string of the molecule is CC(NC(=O)Nc1ccc2cccc([N+](=O)[O-])c2c1)c1cccc2ccccc12. The van der Waals surface area contributed by atoms with Crippen molar-refractivity contribution in [2.45, 2.75) is 13.0 Å². The molecule has 4 rings (SSSR count). The van der Waals surface area contributed by atoms with E-state index >= 15 is 0 Å². The zero-order chi connectivity index (χ0) is 20.4. The highest BCUT2D eigenvalue weighted by Crippen LogP contribution is 2.28. The van der Waals surface area contributed by atoms with Gasteiger partial charge in [-0.05, 0) is 40.8 Å². The number of amides is 2. The van der Waals surface area contributed by atoms with Gasteiger partial charge in [-0.3, -0.25) is 10.1 Å². The van der Waals surface area contributed by atoms with Crippen molar-refractivity contribution in [3.8, 4) is 0 Å². The van der Waals surface area contributed by atoms with Crippen molar-refractivity contribution in [1.29, 1.82) is 0 Å². The molecule has 0 aliphatic heterocycles. The summed E-state index contributed by atoms with van der Waals surface area (Å²) < 4.78 is 0. The van der Waals surface area contributed by atoms with Crippen LogP contribution in [-0.4, -0.2) is 11.0 Å². The van der Waals surface area contributed by atoms with Gasteiger partial charge in [-0.15, -0.1) is 0 Å². The van der Waals surface area contributed by atoms with E-state index in [4.69, 9.17) is 0 Å². The summed E-state index contributed by atoms with van der Waals surface area (Å²) in [7, 11) is 0. The van der Waals surface area contributed by atoms with Gasteiger partial charge in [0.15, 0.2) is 0 Å². The average molecular weight is 385 g/mol. The zero-order valence-electron chi connectivity index (χ0n) is 15.8. The summed E-state index contributed by atoms with van der Waals surface area (Å²) in [5, 5.41) is 20.4. The number of benzene rings is 4. The first kappa shape index (κ1) is 18.4. The lowest BCUT2D eigenvalue weighted by molar-refractivity contribution is -0.383. The number of rotatable bonds is 4. The summed E-state index contributed by atoms with van der Waals surface area (Å²) >= 11 is 0. The van der Waals surface area contributed by atoms with Gasteiger partial charge in [0.05, 0.1) is 16.4 Å². The molecule has 0 spiro atoms. The topological polar surface area (TPSA) is 84.3 Å². The van der Waals surface area contributed by atoms with Crippen LogP contribution in [0.4, 0.5) is 16.2 Å². The third-order valence-corrected chi connectivity index (χ3v) is 4.95. The number of nitro groups is 1. The highest BCUT2D eigenvalue weighted by atomic mass is 16.6. The Bertz CT molecular complexity index is 1230. The van der Waals surface area contributed by atoms with E-state index in [9.17, 15) is 14.9 Å². The lowest BCUT2D eigenvalue weighted by Gasteiger charge is -2.17. The van der Waals surface area contributed by atoms with Gasteiger partial charge in [0, 0.05) is 11.8 Å². The van der Waals surface area contributed by atoms with Crippen molar-refractivity contribution in [3.05, 3.63) is 94.5 Å². The summed E-state index contributed by atoms with van der Waals surface area (Å²) in [6.45, 7) is 1.92. The minimum atomic E-state index is -0.422. The monoisotopic (exact) mass is 385 g/mol. The Hall–Kier alpha value is -3.93. The Kier molecular flexibility index (Phi) is 4.83. The maximum atomic E-state index is 12.5. The van der Waals surface area contributed by atoms with Gasteiger partial charge >= 0.3 is 6.03 Å². The number of nitrogens with one attached hydrogen (secondary N) is 2. The van der Waals surface area contributed by atoms with Crippen molar-refractivity contribution in [2.24, 2.45) is 0 Å². The molecule has 4 aromatic carbocycles. The summed E-state index contributed by atoms with van der Waals surface area (Å²) in [6, 6.07) is 23.4. The van der Waals surface area contributed by atoms with Crippen molar-refractivity contribution < 1.29 is 9.72 Å². The van der Waals surface area contributed by atoms with E-state index in [1.54, 1.807) is 30.3 Å². The van der Waals surface area contributed by atoms with Crippen LogP contribution in [0.15, 0.2) is 78.9 Å². The second-order valence-electron chi connectivity index (χ2n) is 6.86. The van der Waals surface area contributed by atoms with Gasteiger partial charge in [-0.2, -0.15) is 0 Å². The Labute approximate surface area is 167 Å². The molecule has 0 saturated carbocycles. The van der Waals surface area contributed by atoms with Gasteiger partial charge in [0.25, 0.3) is 5.69 Å². The fourth-order valence-electron chi connectivity index (χ4n) is 3.56. The lowest BCUT2D eigenvalue weighted by atomic mass is 10.00. The second kappa shape index (κ2) is 7.59. The molecule has 4 aromatic rings. The predicted octanol–water partition coefficient (Wildman–Crippen LogP) is 5.78. The number of hydrogen-bond acceptors (Lipinski definition) is 3. The molecule has 6 nitrogen and oxygen atoms in total. The van der Waals surface area contributed by atoms with Crippen LogP contribution in [0.1, 0.15) is 18.5 Å². The molecule has 1 unspecified atom stereocenters. The molecule has 144 valence electrons. The Morgan fingerprint density at radius 2 is 1.59 bits per heavy atom. The number of anilines is 1. The first-order valence-corrected chi connectivity index (χ1v) is 9.25. The van der Waals surface area contributed by atoms with Crippen molar-refractivity contribution in [1.82, 2.24) is 5.32 Å². The summed E-state index contributed by atoms with van der Waals surface area (Å²) in [5.74, 6) is 0. The van der Waals surface area contributed by atoms with Crippen molar-refractivity contribution in [3.63, 3.8) is 0 Å². The third kappa shape index (κ3) is 3.73. The number of non-ortho nitro benzene ring substituents is 1. The lowest BCUT2D eigenvalue weighted by Crippen LogP contribution is -2.31. The number of fused-ring (bicyclic) bond motifs is 2. The van der Waals surface area contributed by atoms with Crippen molar-refractivity contribution >= 4 is 39.0 Å². The van der Waals surface area contributed by atoms with Crippen LogP contribution in [0.3, 0.4) is 0 Å². The molecule has 0 heterocycles. The Morgan fingerprint density at radius 3 is 2.38 bits per heavy atom. The summed E-state index contributed by atoms with van der Waals surface area (Å²) in [6.07, 6.45) is 0. The minimum absolute atomic E-state index is 0.00989. The van der Waals surface area contributed by atoms with Crippen LogP contribution in [-0.2, 0) is 0 Å². The first-order valence-electron chi connectivity index (χ1n) is 9.25. The molecule has 0 aliphatic carbocycles. The summed E-state index contributed by atoms with van der Waals surface area (Å²) in [5.41, 5.74) is 1.53. The van der Waals surface area contributed by atoms with Gasteiger partial charge in [0.2, 0.25) is 0 Å². The number of urea groups is 1. The first-order chi connectivity index (χ1) is 14.0.